The van der Waals surface area contributed by atoms with Crippen LogP contribution in [-0.4, -0.2) is 44.6 Å². The largest absolute Gasteiger partial charge is 0.349 e. The Labute approximate surface area is 175 Å². The topological polar surface area (TPSA) is 80.1 Å². The third-order valence-electron chi connectivity index (χ3n) is 5.53. The van der Waals surface area contributed by atoms with Crippen molar-refractivity contribution in [3.05, 3.63) is 78.4 Å². The van der Waals surface area contributed by atoms with Crippen LogP contribution < -0.4 is 5.32 Å². The van der Waals surface area contributed by atoms with E-state index in [-0.39, 0.29) is 30.2 Å². The fourth-order valence-electron chi connectivity index (χ4n) is 3.74. The first-order valence-electron chi connectivity index (χ1n) is 10.2. The number of likely N-dealkylation sites (tertiary alicyclic amines) is 1. The van der Waals surface area contributed by atoms with Gasteiger partial charge in [0.25, 0.3) is 0 Å². The summed E-state index contributed by atoms with van der Waals surface area (Å²) in [5.41, 5.74) is 3.10. The summed E-state index contributed by atoms with van der Waals surface area (Å²) < 4.78 is 1.68. The number of rotatable bonds is 7. The lowest BCUT2D eigenvalue weighted by Gasteiger charge is -2.19. The highest BCUT2D eigenvalue weighted by molar-refractivity contribution is 5.89. The lowest BCUT2D eigenvalue weighted by atomic mass is 10.0. The Bertz CT molecular complexity index is 986. The van der Waals surface area contributed by atoms with Crippen LogP contribution in [0.5, 0.6) is 0 Å². The quantitative estimate of drug-likeness (QED) is 0.657. The molecule has 0 saturated carbocycles. The molecule has 7 heteroatoms. The molecule has 30 heavy (non-hydrogen) atoms. The van der Waals surface area contributed by atoms with E-state index in [4.69, 9.17) is 0 Å². The summed E-state index contributed by atoms with van der Waals surface area (Å²) in [6.07, 6.45) is 4.21. The van der Waals surface area contributed by atoms with Crippen molar-refractivity contribution >= 4 is 11.8 Å². The maximum absolute atomic E-state index is 12.7. The number of amides is 2. The molecule has 7 nitrogen and oxygen atoms in total. The van der Waals surface area contributed by atoms with Crippen molar-refractivity contribution in [2.24, 2.45) is 5.92 Å². The maximum atomic E-state index is 12.7. The van der Waals surface area contributed by atoms with Gasteiger partial charge in [0.15, 0.2) is 0 Å². The average molecular weight is 403 g/mol. The van der Waals surface area contributed by atoms with Crippen LogP contribution in [0, 0.1) is 5.92 Å². The van der Waals surface area contributed by atoms with Crippen LogP contribution in [0.3, 0.4) is 0 Å². The van der Waals surface area contributed by atoms with Gasteiger partial charge in [-0.05, 0) is 36.6 Å². The Morgan fingerprint density at radius 1 is 1.17 bits per heavy atom. The van der Waals surface area contributed by atoms with Crippen molar-refractivity contribution in [2.45, 2.75) is 25.8 Å². The summed E-state index contributed by atoms with van der Waals surface area (Å²) in [5.74, 6) is -0.320. The number of benzene rings is 2. The number of hydrogen-bond acceptors (Lipinski definition) is 4. The van der Waals surface area contributed by atoms with E-state index in [9.17, 15) is 9.59 Å². The molecule has 0 radical (unpaired) electrons. The second-order valence-corrected chi connectivity index (χ2v) is 7.64. The van der Waals surface area contributed by atoms with Crippen LogP contribution in [0.1, 0.15) is 30.5 Å². The Balaban J connectivity index is 1.30. The van der Waals surface area contributed by atoms with Gasteiger partial charge in [0.05, 0.1) is 17.6 Å². The van der Waals surface area contributed by atoms with Gasteiger partial charge < -0.3 is 10.2 Å². The summed E-state index contributed by atoms with van der Waals surface area (Å²) in [6, 6.07) is 17.8. The molecule has 4 rings (SSSR count). The molecule has 0 aliphatic carbocycles. The average Bonchev–Trinajstić information content (AvgIpc) is 3.43. The molecule has 2 amide bonds. The van der Waals surface area contributed by atoms with Crippen molar-refractivity contribution in [3.8, 4) is 5.69 Å². The first-order chi connectivity index (χ1) is 14.6. The zero-order valence-electron chi connectivity index (χ0n) is 16.9. The highest BCUT2D eigenvalue weighted by Gasteiger charge is 2.34. The minimum atomic E-state index is -0.301. The van der Waals surface area contributed by atoms with Crippen LogP contribution >= 0.6 is 0 Å². The van der Waals surface area contributed by atoms with E-state index in [1.165, 1.54) is 11.9 Å². The Kier molecular flexibility index (Phi) is 5.88. The number of carbonyl (C=O) groups excluding carboxylic acids is 2. The molecule has 2 aromatic carbocycles. The number of carbonyl (C=O) groups is 2. The van der Waals surface area contributed by atoms with E-state index in [2.05, 4.69) is 27.5 Å². The van der Waals surface area contributed by atoms with Gasteiger partial charge in [-0.2, -0.15) is 5.10 Å². The van der Waals surface area contributed by atoms with E-state index in [1.54, 1.807) is 15.9 Å². The van der Waals surface area contributed by atoms with Gasteiger partial charge in [0.1, 0.15) is 12.7 Å². The van der Waals surface area contributed by atoms with Gasteiger partial charge in [-0.25, -0.2) is 9.67 Å². The zero-order chi connectivity index (χ0) is 20.9. The molecule has 1 saturated heterocycles. The normalized spacial score (nSPS) is 17.2. The van der Waals surface area contributed by atoms with Crippen LogP contribution in [0.25, 0.3) is 5.69 Å². The first kappa shape index (κ1) is 19.8. The monoisotopic (exact) mass is 403 g/mol. The molecule has 3 aromatic rings. The van der Waals surface area contributed by atoms with Gasteiger partial charge in [-0.3, -0.25) is 9.59 Å². The van der Waals surface area contributed by atoms with Crippen LogP contribution in [0.2, 0.25) is 0 Å². The molecule has 2 heterocycles. The van der Waals surface area contributed by atoms with Crippen LogP contribution in [0.4, 0.5) is 0 Å². The highest BCUT2D eigenvalue weighted by Crippen LogP contribution is 2.21. The highest BCUT2D eigenvalue weighted by atomic mass is 16.2. The third kappa shape index (κ3) is 4.56. The van der Waals surface area contributed by atoms with E-state index in [1.807, 2.05) is 49.4 Å². The number of nitrogens with one attached hydrogen (secondary N) is 1. The fraction of sp³-hybridized carbons (Fsp3) is 0.304. The van der Waals surface area contributed by atoms with Gasteiger partial charge >= 0.3 is 0 Å². The minimum absolute atomic E-state index is 0.0518. The molecule has 1 aromatic heterocycles. The smallest absolute Gasteiger partial charge is 0.225 e. The Morgan fingerprint density at radius 3 is 2.63 bits per heavy atom. The molecule has 1 aliphatic heterocycles. The van der Waals surface area contributed by atoms with Crippen LogP contribution in [-0.2, 0) is 16.0 Å². The van der Waals surface area contributed by atoms with E-state index < -0.39 is 0 Å². The van der Waals surface area contributed by atoms with Crippen molar-refractivity contribution in [2.75, 3.05) is 13.1 Å². The maximum Gasteiger partial charge on any atom is 0.225 e. The lowest BCUT2D eigenvalue weighted by Crippen LogP contribution is -2.35. The molecule has 1 fully saturated rings. The second kappa shape index (κ2) is 8.90. The van der Waals surface area contributed by atoms with E-state index in [0.717, 1.165) is 17.7 Å². The second-order valence-electron chi connectivity index (χ2n) is 7.64. The van der Waals surface area contributed by atoms with Gasteiger partial charge in [-0.1, -0.05) is 42.5 Å². The Morgan fingerprint density at radius 2 is 1.93 bits per heavy atom. The predicted octanol–water partition coefficient (Wildman–Crippen LogP) is 2.54. The number of aromatic nitrogens is 3. The predicted molar refractivity (Wildman–Crippen MR) is 113 cm³/mol. The molecular formula is C23H25N5O2. The van der Waals surface area contributed by atoms with E-state index >= 15 is 0 Å². The molecule has 0 unspecified atom stereocenters. The summed E-state index contributed by atoms with van der Waals surface area (Å²) in [5, 5.41) is 7.16. The van der Waals surface area contributed by atoms with Crippen LogP contribution in [0.15, 0.2) is 67.3 Å². The number of hydrogen-bond donors (Lipinski definition) is 1. The molecule has 2 atom stereocenters. The molecule has 1 N–H and O–H groups in total. The van der Waals surface area contributed by atoms with Crippen molar-refractivity contribution < 1.29 is 9.59 Å². The lowest BCUT2D eigenvalue weighted by molar-refractivity contribution is -0.129. The zero-order valence-corrected chi connectivity index (χ0v) is 16.9. The van der Waals surface area contributed by atoms with Crippen molar-refractivity contribution in [1.29, 1.82) is 0 Å². The summed E-state index contributed by atoms with van der Waals surface area (Å²) >= 11 is 0. The SMILES string of the molecule is C[C@@H](NC(=O)[C@H]1CC(=O)N(CCc2ccccc2)C1)c1ccc(-n2cncn2)cc1. The third-order valence-corrected chi connectivity index (χ3v) is 5.53. The minimum Gasteiger partial charge on any atom is -0.349 e. The van der Waals surface area contributed by atoms with Gasteiger partial charge in [-0.15, -0.1) is 0 Å². The summed E-state index contributed by atoms with van der Waals surface area (Å²) in [4.78, 5) is 30.8. The molecule has 1 aliphatic rings. The standard InChI is InChI=1S/C23H25N5O2/c1-17(19-7-9-21(10-8-19)28-16-24-15-25-28)26-23(30)20-13-22(29)27(14-20)12-11-18-5-3-2-4-6-18/h2-10,15-17,20H,11-14H2,1H3,(H,26,30)/t17-,20+/m1/s1. The van der Waals surface area contributed by atoms with Crippen molar-refractivity contribution in [1.82, 2.24) is 25.0 Å². The summed E-state index contributed by atoms with van der Waals surface area (Å²) in [7, 11) is 0. The molecule has 154 valence electrons. The van der Waals surface area contributed by atoms with E-state index in [0.29, 0.717) is 13.1 Å². The Hall–Kier alpha value is -3.48. The summed E-state index contributed by atoms with van der Waals surface area (Å²) in [6.45, 7) is 3.08. The van der Waals surface area contributed by atoms with Crippen molar-refractivity contribution in [3.63, 3.8) is 0 Å². The van der Waals surface area contributed by atoms with Gasteiger partial charge in [0.2, 0.25) is 11.8 Å². The molecular weight excluding hydrogens is 378 g/mol. The first-order valence-corrected chi connectivity index (χ1v) is 10.2. The molecule has 0 spiro atoms. The fourth-order valence-corrected chi connectivity index (χ4v) is 3.74. The van der Waals surface area contributed by atoms with Gasteiger partial charge in [0, 0.05) is 19.5 Å². The number of nitrogens with zero attached hydrogens (tertiary/aromatic N) is 4. The molecule has 0 bridgehead atoms.